The zero-order valence-electron chi connectivity index (χ0n) is 13.2. The van der Waals surface area contributed by atoms with Crippen molar-refractivity contribution < 1.29 is 9.90 Å². The molecule has 0 aliphatic carbocycles. The van der Waals surface area contributed by atoms with Gasteiger partial charge in [-0.15, -0.1) is 0 Å². The number of nitrogens with zero attached hydrogens (tertiary/aromatic N) is 1. The van der Waals surface area contributed by atoms with Crippen molar-refractivity contribution in [2.75, 3.05) is 6.54 Å². The smallest absolute Gasteiger partial charge is 0.251 e. The van der Waals surface area contributed by atoms with E-state index < -0.39 is 6.10 Å². The summed E-state index contributed by atoms with van der Waals surface area (Å²) in [5.41, 5.74) is 3.28. The molecule has 0 fully saturated rings. The summed E-state index contributed by atoms with van der Waals surface area (Å²) in [6, 6.07) is 11.3. The van der Waals surface area contributed by atoms with Crippen molar-refractivity contribution in [1.82, 2.24) is 10.3 Å². The second-order valence-corrected chi connectivity index (χ2v) is 5.71. The van der Waals surface area contributed by atoms with Crippen molar-refractivity contribution in [2.45, 2.75) is 26.9 Å². The van der Waals surface area contributed by atoms with Crippen LogP contribution in [0, 0.1) is 12.8 Å². The van der Waals surface area contributed by atoms with Gasteiger partial charge < -0.3 is 10.4 Å². The fourth-order valence-electron chi connectivity index (χ4n) is 2.21. The SMILES string of the molecule is Cc1c(C(=O)NCC(O)C(C)C)cccc1-c1ccccn1. The molecule has 1 aromatic heterocycles. The summed E-state index contributed by atoms with van der Waals surface area (Å²) in [5.74, 6) is -0.0590. The molecule has 4 nitrogen and oxygen atoms in total. The van der Waals surface area contributed by atoms with Crippen LogP contribution in [-0.2, 0) is 0 Å². The Bertz CT molecular complexity index is 639. The Kier molecular flexibility index (Phi) is 5.28. The van der Waals surface area contributed by atoms with Gasteiger partial charge in [0.05, 0.1) is 11.8 Å². The summed E-state index contributed by atoms with van der Waals surface area (Å²) in [6.45, 7) is 6.01. The van der Waals surface area contributed by atoms with E-state index in [1.165, 1.54) is 0 Å². The molecule has 0 spiro atoms. The number of amides is 1. The molecule has 116 valence electrons. The van der Waals surface area contributed by atoms with Crippen LogP contribution in [-0.4, -0.2) is 28.6 Å². The number of rotatable bonds is 5. The second-order valence-electron chi connectivity index (χ2n) is 5.71. The highest BCUT2D eigenvalue weighted by atomic mass is 16.3. The van der Waals surface area contributed by atoms with Gasteiger partial charge in [-0.3, -0.25) is 9.78 Å². The predicted octanol–water partition coefficient (Wildman–Crippen LogP) is 2.80. The van der Waals surface area contributed by atoms with Gasteiger partial charge >= 0.3 is 0 Å². The summed E-state index contributed by atoms with van der Waals surface area (Å²) in [5, 5.41) is 12.6. The lowest BCUT2D eigenvalue weighted by molar-refractivity contribution is 0.0871. The number of aromatic nitrogens is 1. The second kappa shape index (κ2) is 7.18. The molecule has 1 amide bonds. The molecule has 0 bridgehead atoms. The van der Waals surface area contributed by atoms with Crippen LogP contribution in [0.3, 0.4) is 0 Å². The van der Waals surface area contributed by atoms with Gasteiger partial charge in [-0.1, -0.05) is 32.0 Å². The lowest BCUT2D eigenvalue weighted by Gasteiger charge is -2.16. The molecule has 0 aliphatic heterocycles. The van der Waals surface area contributed by atoms with Crippen molar-refractivity contribution in [2.24, 2.45) is 5.92 Å². The first kappa shape index (κ1) is 16.2. The van der Waals surface area contributed by atoms with Crippen molar-refractivity contribution in [3.8, 4) is 11.3 Å². The van der Waals surface area contributed by atoms with Crippen LogP contribution in [0.15, 0.2) is 42.6 Å². The summed E-state index contributed by atoms with van der Waals surface area (Å²) in [7, 11) is 0. The number of carbonyl (C=O) groups is 1. The molecule has 4 heteroatoms. The van der Waals surface area contributed by atoms with E-state index >= 15 is 0 Å². The molecule has 2 N–H and O–H groups in total. The zero-order valence-corrected chi connectivity index (χ0v) is 13.2. The minimum absolute atomic E-state index is 0.112. The van der Waals surface area contributed by atoms with E-state index in [4.69, 9.17) is 0 Å². The third kappa shape index (κ3) is 3.71. The number of nitrogens with one attached hydrogen (secondary N) is 1. The molecule has 2 aromatic rings. The molecule has 2 rings (SSSR count). The quantitative estimate of drug-likeness (QED) is 0.892. The van der Waals surface area contributed by atoms with Gasteiger partial charge in [-0.25, -0.2) is 0 Å². The van der Waals surface area contributed by atoms with Crippen LogP contribution in [0.25, 0.3) is 11.3 Å². The van der Waals surface area contributed by atoms with E-state index in [9.17, 15) is 9.90 Å². The fourth-order valence-corrected chi connectivity index (χ4v) is 2.21. The van der Waals surface area contributed by atoms with E-state index in [1.807, 2.05) is 51.1 Å². The maximum Gasteiger partial charge on any atom is 0.251 e. The number of hydrogen-bond donors (Lipinski definition) is 2. The van der Waals surface area contributed by atoms with Crippen LogP contribution in [0.4, 0.5) is 0 Å². The molecule has 1 atom stereocenters. The number of benzene rings is 1. The van der Waals surface area contributed by atoms with Gasteiger partial charge in [-0.05, 0) is 36.6 Å². The third-order valence-corrected chi connectivity index (χ3v) is 3.76. The summed E-state index contributed by atoms with van der Waals surface area (Å²) >= 11 is 0. The maximum absolute atomic E-state index is 12.3. The molecule has 1 aromatic carbocycles. The van der Waals surface area contributed by atoms with Gasteiger partial charge in [-0.2, -0.15) is 0 Å². The third-order valence-electron chi connectivity index (χ3n) is 3.76. The van der Waals surface area contributed by atoms with E-state index in [-0.39, 0.29) is 18.4 Å². The Morgan fingerprint density at radius 3 is 2.64 bits per heavy atom. The van der Waals surface area contributed by atoms with Crippen LogP contribution in [0.2, 0.25) is 0 Å². The molecule has 0 aliphatic rings. The largest absolute Gasteiger partial charge is 0.391 e. The first-order valence-corrected chi connectivity index (χ1v) is 7.48. The lowest BCUT2D eigenvalue weighted by Crippen LogP contribution is -2.35. The van der Waals surface area contributed by atoms with Crippen LogP contribution in [0.5, 0.6) is 0 Å². The first-order valence-electron chi connectivity index (χ1n) is 7.48. The molecule has 0 saturated carbocycles. The first-order chi connectivity index (χ1) is 10.5. The fraction of sp³-hybridized carbons (Fsp3) is 0.333. The number of aliphatic hydroxyl groups excluding tert-OH is 1. The molecule has 0 saturated heterocycles. The van der Waals surface area contributed by atoms with Gasteiger partial charge in [0.2, 0.25) is 0 Å². The molecule has 22 heavy (non-hydrogen) atoms. The van der Waals surface area contributed by atoms with Crippen molar-refractivity contribution >= 4 is 5.91 Å². The minimum Gasteiger partial charge on any atom is -0.391 e. The Balaban J connectivity index is 2.20. The average molecular weight is 298 g/mol. The van der Waals surface area contributed by atoms with Crippen molar-refractivity contribution in [3.05, 3.63) is 53.7 Å². The number of carbonyl (C=O) groups excluding carboxylic acids is 1. The molecule has 1 unspecified atom stereocenters. The Hall–Kier alpha value is -2.20. The average Bonchev–Trinajstić information content (AvgIpc) is 2.53. The molecule has 1 heterocycles. The highest BCUT2D eigenvalue weighted by Gasteiger charge is 2.15. The monoisotopic (exact) mass is 298 g/mol. The lowest BCUT2D eigenvalue weighted by atomic mass is 9.99. The van der Waals surface area contributed by atoms with Gasteiger partial charge in [0.25, 0.3) is 5.91 Å². The highest BCUT2D eigenvalue weighted by molar-refractivity contribution is 5.97. The molecular formula is C18H22N2O2. The summed E-state index contributed by atoms with van der Waals surface area (Å²) in [6.07, 6.45) is 1.20. The standard InChI is InChI=1S/C18H22N2O2/c1-12(2)17(21)11-20-18(22)15-8-6-7-14(13(15)3)16-9-4-5-10-19-16/h4-10,12,17,21H,11H2,1-3H3,(H,20,22). The van der Waals surface area contributed by atoms with Gasteiger partial charge in [0.1, 0.15) is 0 Å². The Morgan fingerprint density at radius 2 is 2.00 bits per heavy atom. The Morgan fingerprint density at radius 1 is 1.23 bits per heavy atom. The van der Waals surface area contributed by atoms with E-state index in [1.54, 1.807) is 12.3 Å². The van der Waals surface area contributed by atoms with Crippen LogP contribution < -0.4 is 5.32 Å². The van der Waals surface area contributed by atoms with Gasteiger partial charge in [0, 0.05) is 23.9 Å². The number of pyridine rings is 1. The minimum atomic E-state index is -0.539. The van der Waals surface area contributed by atoms with Crippen molar-refractivity contribution in [1.29, 1.82) is 0 Å². The summed E-state index contributed by atoms with van der Waals surface area (Å²) in [4.78, 5) is 16.7. The molecule has 0 radical (unpaired) electrons. The van der Waals surface area contributed by atoms with Gasteiger partial charge in [0.15, 0.2) is 0 Å². The predicted molar refractivity (Wildman–Crippen MR) is 87.6 cm³/mol. The Labute approximate surface area is 131 Å². The number of aliphatic hydroxyl groups is 1. The normalized spacial score (nSPS) is 12.2. The highest BCUT2D eigenvalue weighted by Crippen LogP contribution is 2.23. The maximum atomic E-state index is 12.3. The van der Waals surface area contributed by atoms with Crippen LogP contribution >= 0.6 is 0 Å². The molecular weight excluding hydrogens is 276 g/mol. The topological polar surface area (TPSA) is 62.2 Å². The van der Waals surface area contributed by atoms with Crippen LogP contribution in [0.1, 0.15) is 29.8 Å². The summed E-state index contributed by atoms with van der Waals surface area (Å²) < 4.78 is 0. The van der Waals surface area contributed by atoms with E-state index in [2.05, 4.69) is 10.3 Å². The van der Waals surface area contributed by atoms with E-state index in [0.29, 0.717) is 5.56 Å². The van der Waals surface area contributed by atoms with Crippen molar-refractivity contribution in [3.63, 3.8) is 0 Å². The number of hydrogen-bond acceptors (Lipinski definition) is 3. The zero-order chi connectivity index (χ0) is 16.1. The van der Waals surface area contributed by atoms with E-state index in [0.717, 1.165) is 16.8 Å².